The van der Waals surface area contributed by atoms with Crippen molar-refractivity contribution in [3.63, 3.8) is 0 Å². The van der Waals surface area contributed by atoms with Crippen molar-refractivity contribution in [2.45, 2.75) is 96.8 Å². The van der Waals surface area contributed by atoms with Crippen molar-refractivity contribution in [2.75, 3.05) is 33.0 Å². The second kappa shape index (κ2) is 24.2. The van der Waals surface area contributed by atoms with Gasteiger partial charge in [-0.1, -0.05) is 77.9 Å². The Bertz CT molecular complexity index is 564. The van der Waals surface area contributed by atoms with Gasteiger partial charge in [-0.3, -0.25) is 13.6 Å². The average Bonchev–Trinajstić information content (AvgIpc) is 2.86. The SMILES string of the molecule is C=CC(=O)OCCCCCCCCOP(=O)(OCCCC)OCCCCCCCCOC(=O)C=C. The van der Waals surface area contributed by atoms with Crippen molar-refractivity contribution in [2.24, 2.45) is 0 Å². The molecule has 0 spiro atoms. The summed E-state index contributed by atoms with van der Waals surface area (Å²) in [6.45, 7) is 10.7. The summed E-state index contributed by atoms with van der Waals surface area (Å²) in [6.07, 6.45) is 15.5. The molecule has 0 radical (unpaired) electrons. The van der Waals surface area contributed by atoms with Crippen LogP contribution in [-0.4, -0.2) is 45.0 Å². The van der Waals surface area contributed by atoms with Gasteiger partial charge in [-0.25, -0.2) is 14.2 Å². The summed E-state index contributed by atoms with van der Waals surface area (Å²) >= 11 is 0. The lowest BCUT2D eigenvalue weighted by Gasteiger charge is -2.18. The van der Waals surface area contributed by atoms with Gasteiger partial charge in [0.25, 0.3) is 0 Å². The number of esters is 2. The van der Waals surface area contributed by atoms with Crippen LogP contribution >= 0.6 is 7.82 Å². The summed E-state index contributed by atoms with van der Waals surface area (Å²) in [5, 5.41) is 0. The molecular weight excluding hydrogens is 471 g/mol. The minimum atomic E-state index is -3.53. The summed E-state index contributed by atoms with van der Waals surface area (Å²) < 4.78 is 39.4. The molecule has 0 aromatic heterocycles. The lowest BCUT2D eigenvalue weighted by Crippen LogP contribution is -2.04. The van der Waals surface area contributed by atoms with Crippen LogP contribution in [0.5, 0.6) is 0 Å². The lowest BCUT2D eigenvalue weighted by atomic mass is 10.1. The van der Waals surface area contributed by atoms with E-state index in [1.807, 2.05) is 6.92 Å². The van der Waals surface area contributed by atoms with Crippen molar-refractivity contribution in [3.05, 3.63) is 25.3 Å². The van der Waals surface area contributed by atoms with Crippen LogP contribution in [0.3, 0.4) is 0 Å². The Morgan fingerprint density at radius 3 is 1.23 bits per heavy atom. The van der Waals surface area contributed by atoms with Crippen LogP contribution in [0, 0.1) is 0 Å². The van der Waals surface area contributed by atoms with Gasteiger partial charge in [-0.05, 0) is 32.1 Å². The molecular formula is C26H47O8P. The van der Waals surface area contributed by atoms with Crippen molar-refractivity contribution >= 4 is 19.8 Å². The minimum Gasteiger partial charge on any atom is -0.463 e. The van der Waals surface area contributed by atoms with Gasteiger partial charge in [0.05, 0.1) is 33.0 Å². The fourth-order valence-corrected chi connectivity index (χ4v) is 4.35. The van der Waals surface area contributed by atoms with E-state index in [0.717, 1.165) is 89.9 Å². The fraction of sp³-hybridized carbons (Fsp3) is 0.769. The molecule has 0 bridgehead atoms. The standard InChI is InChI=1S/C26H47O8P/c1-4-7-22-32-35(29,33-23-18-14-10-8-12-16-20-30-25(27)5-2)34-24-19-15-11-9-13-17-21-31-26(28)6-3/h5-6H,2-4,7-24H2,1H3. The molecule has 0 rings (SSSR count). The quantitative estimate of drug-likeness (QED) is 0.0518. The fourth-order valence-electron chi connectivity index (χ4n) is 3.07. The maximum Gasteiger partial charge on any atom is 0.474 e. The molecule has 0 amide bonds. The zero-order chi connectivity index (χ0) is 26.0. The van der Waals surface area contributed by atoms with Crippen molar-refractivity contribution in [1.82, 2.24) is 0 Å². The summed E-state index contributed by atoms with van der Waals surface area (Å²) in [5.74, 6) is -0.758. The van der Waals surface area contributed by atoms with Crippen LogP contribution in [0.25, 0.3) is 0 Å². The lowest BCUT2D eigenvalue weighted by molar-refractivity contribution is -0.138. The Morgan fingerprint density at radius 1 is 0.571 bits per heavy atom. The van der Waals surface area contributed by atoms with Crippen LogP contribution in [0.15, 0.2) is 25.3 Å². The molecule has 0 N–H and O–H groups in total. The van der Waals surface area contributed by atoms with Crippen molar-refractivity contribution in [3.8, 4) is 0 Å². The smallest absolute Gasteiger partial charge is 0.463 e. The molecule has 8 nitrogen and oxygen atoms in total. The molecule has 0 aliphatic carbocycles. The van der Waals surface area contributed by atoms with Crippen LogP contribution in [-0.2, 0) is 37.2 Å². The first-order chi connectivity index (χ1) is 17.0. The molecule has 0 aliphatic heterocycles. The maximum absolute atomic E-state index is 12.9. The zero-order valence-electron chi connectivity index (χ0n) is 21.7. The molecule has 0 saturated heterocycles. The van der Waals surface area contributed by atoms with Gasteiger partial charge in [-0.15, -0.1) is 0 Å². The average molecular weight is 519 g/mol. The van der Waals surface area contributed by atoms with Gasteiger partial charge >= 0.3 is 19.8 Å². The maximum atomic E-state index is 12.9. The van der Waals surface area contributed by atoms with Gasteiger partial charge in [0.2, 0.25) is 0 Å². The monoisotopic (exact) mass is 518 g/mol. The molecule has 0 aromatic carbocycles. The van der Waals surface area contributed by atoms with Crippen LogP contribution < -0.4 is 0 Å². The Kier molecular flexibility index (Phi) is 23.2. The Hall–Kier alpha value is -1.47. The van der Waals surface area contributed by atoms with Crippen molar-refractivity contribution in [1.29, 1.82) is 0 Å². The number of hydrogen-bond donors (Lipinski definition) is 0. The molecule has 0 aromatic rings. The number of phosphoric acid groups is 1. The van der Waals surface area contributed by atoms with Gasteiger partial charge in [0, 0.05) is 12.2 Å². The highest BCUT2D eigenvalue weighted by Crippen LogP contribution is 2.49. The van der Waals surface area contributed by atoms with E-state index >= 15 is 0 Å². The topological polar surface area (TPSA) is 97.4 Å². The minimum absolute atomic E-state index is 0.344. The number of phosphoric ester groups is 1. The van der Waals surface area contributed by atoms with E-state index in [2.05, 4.69) is 13.2 Å². The third-order valence-corrected chi connectivity index (χ3v) is 6.64. The number of hydrogen-bond acceptors (Lipinski definition) is 8. The van der Waals surface area contributed by atoms with E-state index in [4.69, 9.17) is 23.0 Å². The highest BCUT2D eigenvalue weighted by atomic mass is 31.2. The first kappa shape index (κ1) is 33.5. The van der Waals surface area contributed by atoms with E-state index in [-0.39, 0.29) is 11.9 Å². The molecule has 0 unspecified atom stereocenters. The van der Waals surface area contributed by atoms with Crippen LogP contribution in [0.1, 0.15) is 96.8 Å². The zero-order valence-corrected chi connectivity index (χ0v) is 22.6. The molecule has 9 heteroatoms. The molecule has 0 fully saturated rings. The second-order valence-electron chi connectivity index (χ2n) is 8.29. The van der Waals surface area contributed by atoms with Crippen LogP contribution in [0.2, 0.25) is 0 Å². The Balaban J connectivity index is 3.87. The highest BCUT2D eigenvalue weighted by Gasteiger charge is 2.26. The Morgan fingerprint density at radius 2 is 0.886 bits per heavy atom. The predicted octanol–water partition coefficient (Wildman–Crippen LogP) is 7.08. The second-order valence-corrected chi connectivity index (χ2v) is 9.96. The van der Waals surface area contributed by atoms with E-state index in [0.29, 0.717) is 33.0 Å². The number of rotatable bonds is 26. The van der Waals surface area contributed by atoms with Gasteiger partial charge in [0.15, 0.2) is 0 Å². The van der Waals surface area contributed by atoms with E-state index < -0.39 is 7.82 Å². The van der Waals surface area contributed by atoms with Gasteiger partial charge in [-0.2, -0.15) is 0 Å². The molecule has 35 heavy (non-hydrogen) atoms. The number of ether oxygens (including phenoxy) is 2. The van der Waals surface area contributed by atoms with Gasteiger partial charge < -0.3 is 9.47 Å². The third-order valence-electron chi connectivity index (χ3n) is 5.15. The van der Waals surface area contributed by atoms with Crippen LogP contribution in [0.4, 0.5) is 0 Å². The Labute approximate surface area is 212 Å². The number of carbonyl (C=O) groups is 2. The van der Waals surface area contributed by atoms with E-state index in [1.165, 1.54) is 12.2 Å². The highest BCUT2D eigenvalue weighted by molar-refractivity contribution is 7.48. The number of carbonyl (C=O) groups excluding carboxylic acids is 2. The normalized spacial score (nSPS) is 11.2. The molecule has 0 aliphatic rings. The van der Waals surface area contributed by atoms with Crippen molar-refractivity contribution < 1.29 is 37.2 Å². The molecule has 0 saturated carbocycles. The summed E-state index contributed by atoms with van der Waals surface area (Å²) in [7, 11) is -3.53. The van der Waals surface area contributed by atoms with E-state index in [1.54, 1.807) is 0 Å². The summed E-state index contributed by atoms with van der Waals surface area (Å²) in [5.41, 5.74) is 0. The van der Waals surface area contributed by atoms with E-state index in [9.17, 15) is 14.2 Å². The first-order valence-corrected chi connectivity index (χ1v) is 14.6. The number of unbranched alkanes of at least 4 members (excludes halogenated alkanes) is 11. The summed E-state index contributed by atoms with van der Waals surface area (Å²) in [6, 6.07) is 0. The first-order valence-electron chi connectivity index (χ1n) is 13.1. The molecule has 0 atom stereocenters. The predicted molar refractivity (Wildman–Crippen MR) is 138 cm³/mol. The summed E-state index contributed by atoms with van der Waals surface area (Å²) in [4.78, 5) is 21.9. The largest absolute Gasteiger partial charge is 0.474 e. The molecule has 0 heterocycles. The molecule has 204 valence electrons. The van der Waals surface area contributed by atoms with Gasteiger partial charge in [0.1, 0.15) is 0 Å². The third kappa shape index (κ3) is 22.7.